The number of amidine groups is 1. The molecule has 0 radical (unpaired) electrons. The van der Waals surface area contributed by atoms with Crippen molar-refractivity contribution in [1.29, 1.82) is 0 Å². The van der Waals surface area contributed by atoms with Crippen LogP contribution < -0.4 is 5.73 Å². The molecule has 1 aromatic rings. The van der Waals surface area contributed by atoms with Gasteiger partial charge in [-0.25, -0.2) is 9.59 Å². The van der Waals surface area contributed by atoms with Crippen molar-refractivity contribution in [3.8, 4) is 0 Å². The minimum atomic E-state index is -0.998. The van der Waals surface area contributed by atoms with E-state index >= 15 is 0 Å². The van der Waals surface area contributed by atoms with Gasteiger partial charge in [-0.05, 0) is 5.38 Å². The molecule has 0 fully saturated rings. The number of methoxy groups -OCH3 is 2. The third-order valence-corrected chi connectivity index (χ3v) is 3.08. The zero-order valence-electron chi connectivity index (χ0n) is 11.5. The van der Waals surface area contributed by atoms with Gasteiger partial charge in [-0.15, -0.1) is 11.3 Å². The largest absolute Gasteiger partial charge is 0.466 e. The van der Waals surface area contributed by atoms with Crippen LogP contribution in [0, 0.1) is 10.1 Å². The summed E-state index contributed by atoms with van der Waals surface area (Å²) in [6.07, 6.45) is 0.700. The number of hydrogen-bond donors (Lipinski definition) is 1. The predicted octanol–water partition coefficient (Wildman–Crippen LogP) is 0.523. The topological polar surface area (TPSA) is 143 Å². The zero-order chi connectivity index (χ0) is 16.7. The van der Waals surface area contributed by atoms with Gasteiger partial charge in [0.05, 0.1) is 25.2 Å². The molecular weight excluding hydrogens is 318 g/mol. The molecule has 0 unspecified atom stereocenters. The molecule has 1 heterocycles. The van der Waals surface area contributed by atoms with E-state index in [1.54, 1.807) is 0 Å². The van der Waals surface area contributed by atoms with Crippen molar-refractivity contribution >= 4 is 34.8 Å². The van der Waals surface area contributed by atoms with Crippen molar-refractivity contribution in [2.45, 2.75) is 0 Å². The lowest BCUT2D eigenvalue weighted by Crippen LogP contribution is -2.16. The molecular formula is C11H11N3O7S. The highest BCUT2D eigenvalue weighted by molar-refractivity contribution is 7.12. The van der Waals surface area contributed by atoms with E-state index in [1.807, 2.05) is 0 Å². The zero-order valence-corrected chi connectivity index (χ0v) is 12.3. The number of nitrogens with two attached hydrogens (primary N) is 1. The smallest absolute Gasteiger partial charge is 0.377 e. The highest BCUT2D eigenvalue weighted by atomic mass is 32.1. The number of carbonyl (C=O) groups excluding carboxylic acids is 2. The summed E-state index contributed by atoms with van der Waals surface area (Å²) in [6.45, 7) is 0. The summed E-state index contributed by atoms with van der Waals surface area (Å²) in [5.74, 6) is -2.79. The summed E-state index contributed by atoms with van der Waals surface area (Å²) in [5, 5.41) is 15.6. The van der Waals surface area contributed by atoms with E-state index in [1.165, 1.54) is 11.4 Å². The van der Waals surface area contributed by atoms with Crippen LogP contribution in [0.3, 0.4) is 0 Å². The van der Waals surface area contributed by atoms with E-state index in [0.717, 1.165) is 25.6 Å². The summed E-state index contributed by atoms with van der Waals surface area (Å²) in [4.78, 5) is 37.4. The monoisotopic (exact) mass is 329 g/mol. The van der Waals surface area contributed by atoms with Crippen LogP contribution >= 0.6 is 11.3 Å². The van der Waals surface area contributed by atoms with Crippen molar-refractivity contribution in [3.05, 3.63) is 38.3 Å². The lowest BCUT2D eigenvalue weighted by Gasteiger charge is -2.03. The van der Waals surface area contributed by atoms with E-state index in [4.69, 9.17) is 10.6 Å². The number of nitro groups is 1. The summed E-state index contributed by atoms with van der Waals surface area (Å²) in [7, 11) is 2.16. The summed E-state index contributed by atoms with van der Waals surface area (Å²) in [5.41, 5.74) is 5.31. The highest BCUT2D eigenvalue weighted by Gasteiger charge is 2.20. The van der Waals surface area contributed by atoms with Crippen LogP contribution in [0.15, 0.2) is 28.4 Å². The normalized spacial score (nSPS) is 11.7. The molecule has 0 saturated carbocycles. The maximum absolute atomic E-state index is 11.4. The molecule has 0 spiro atoms. The molecule has 0 aliphatic rings. The van der Waals surface area contributed by atoms with Crippen molar-refractivity contribution in [2.24, 2.45) is 10.9 Å². The van der Waals surface area contributed by atoms with E-state index in [0.29, 0.717) is 6.08 Å². The molecule has 1 aromatic heterocycles. The van der Waals surface area contributed by atoms with Gasteiger partial charge < -0.3 is 20.0 Å². The Balaban J connectivity index is 3.02. The minimum absolute atomic E-state index is 0.0484. The second-order valence-electron chi connectivity index (χ2n) is 3.48. The molecule has 10 nitrogen and oxygen atoms in total. The quantitative estimate of drug-likeness (QED) is 0.151. The lowest BCUT2D eigenvalue weighted by molar-refractivity contribution is -0.384. The summed E-state index contributed by atoms with van der Waals surface area (Å²) in [6, 6.07) is 1.24. The Bertz CT molecular complexity index is 650. The second kappa shape index (κ2) is 7.73. The number of oxime groups is 1. The van der Waals surface area contributed by atoms with Crippen LogP contribution in [0.1, 0.15) is 4.88 Å². The molecule has 1 rings (SSSR count). The fraction of sp³-hybridized carbons (Fsp3) is 0.182. The van der Waals surface area contributed by atoms with Crippen LogP contribution in [-0.4, -0.2) is 36.9 Å². The molecule has 0 amide bonds. The van der Waals surface area contributed by atoms with E-state index in [2.05, 4.69) is 14.6 Å². The number of nitrogens with zero attached hydrogens (tertiary/aromatic N) is 2. The van der Waals surface area contributed by atoms with Crippen molar-refractivity contribution in [1.82, 2.24) is 0 Å². The fourth-order valence-electron chi connectivity index (χ4n) is 1.17. The van der Waals surface area contributed by atoms with Gasteiger partial charge in [0.1, 0.15) is 0 Å². The van der Waals surface area contributed by atoms with Gasteiger partial charge in [0, 0.05) is 6.07 Å². The minimum Gasteiger partial charge on any atom is -0.466 e. The van der Waals surface area contributed by atoms with Gasteiger partial charge in [-0.1, -0.05) is 5.16 Å². The van der Waals surface area contributed by atoms with Crippen molar-refractivity contribution in [2.75, 3.05) is 14.2 Å². The Morgan fingerprint density at radius 3 is 2.64 bits per heavy atom. The highest BCUT2D eigenvalue weighted by Crippen LogP contribution is 2.24. The van der Waals surface area contributed by atoms with Gasteiger partial charge in [0.2, 0.25) is 5.76 Å². The molecule has 118 valence electrons. The molecule has 0 bridgehead atoms. The van der Waals surface area contributed by atoms with Crippen LogP contribution in [0.2, 0.25) is 0 Å². The van der Waals surface area contributed by atoms with Gasteiger partial charge in [-0.2, -0.15) is 0 Å². The fourth-order valence-corrected chi connectivity index (χ4v) is 1.92. The van der Waals surface area contributed by atoms with Crippen molar-refractivity contribution < 1.29 is 28.8 Å². The van der Waals surface area contributed by atoms with E-state index < -0.39 is 22.6 Å². The molecule has 11 heteroatoms. The number of hydrogen-bond acceptors (Lipinski definition) is 9. The molecule has 0 atom stereocenters. The van der Waals surface area contributed by atoms with Crippen LogP contribution in [0.5, 0.6) is 0 Å². The Labute approximate surface area is 127 Å². The molecule has 22 heavy (non-hydrogen) atoms. The van der Waals surface area contributed by atoms with E-state index in [9.17, 15) is 19.7 Å². The van der Waals surface area contributed by atoms with Crippen LogP contribution in [-0.2, 0) is 23.9 Å². The Hall–Kier alpha value is -2.95. The number of ether oxygens (including phenoxy) is 2. The maximum atomic E-state index is 11.4. The summed E-state index contributed by atoms with van der Waals surface area (Å²) >= 11 is 0.965. The standard InChI is InChI=1S/C11H11N3O7S/c1-19-8(15)5-7(11(16)20-2)21-13-10(12)9-6(14(17)18)3-4-22-9/h3-5H,1-2H3,(H2,12,13)/b7-5+. The van der Waals surface area contributed by atoms with E-state index in [-0.39, 0.29) is 16.4 Å². The molecule has 0 saturated heterocycles. The van der Waals surface area contributed by atoms with Gasteiger partial charge in [-0.3, -0.25) is 10.1 Å². The van der Waals surface area contributed by atoms with Gasteiger partial charge in [0.25, 0.3) is 5.69 Å². The maximum Gasteiger partial charge on any atom is 0.377 e. The summed E-state index contributed by atoms with van der Waals surface area (Å²) < 4.78 is 8.72. The average molecular weight is 329 g/mol. The Kier molecular flexibility index (Phi) is 6.01. The molecule has 2 N–H and O–H groups in total. The lowest BCUT2D eigenvalue weighted by atomic mass is 10.4. The second-order valence-corrected chi connectivity index (χ2v) is 4.40. The Morgan fingerprint density at radius 1 is 1.41 bits per heavy atom. The van der Waals surface area contributed by atoms with Crippen LogP contribution in [0.25, 0.3) is 0 Å². The van der Waals surface area contributed by atoms with Gasteiger partial charge in [0.15, 0.2) is 10.7 Å². The van der Waals surface area contributed by atoms with Crippen molar-refractivity contribution in [3.63, 3.8) is 0 Å². The third-order valence-electron chi connectivity index (χ3n) is 2.15. The number of esters is 2. The predicted molar refractivity (Wildman–Crippen MR) is 74.9 cm³/mol. The Morgan fingerprint density at radius 2 is 2.09 bits per heavy atom. The third kappa shape index (κ3) is 4.28. The first-order chi connectivity index (χ1) is 10.4. The van der Waals surface area contributed by atoms with Gasteiger partial charge >= 0.3 is 11.9 Å². The molecule has 0 aromatic carbocycles. The first-order valence-corrected chi connectivity index (χ1v) is 6.39. The number of rotatable bonds is 6. The number of thiophene rings is 1. The number of carbonyl (C=O) groups is 2. The first kappa shape index (κ1) is 17.1. The SMILES string of the molecule is COC(=O)/C=C(/O/N=C(\N)c1sccc1[N+](=O)[O-])C(=O)OC. The first-order valence-electron chi connectivity index (χ1n) is 5.51. The molecule has 0 aliphatic heterocycles. The molecule has 0 aliphatic carbocycles. The van der Waals surface area contributed by atoms with Crippen LogP contribution in [0.4, 0.5) is 5.69 Å². The average Bonchev–Trinajstić information content (AvgIpc) is 2.99.